The highest BCUT2D eigenvalue weighted by molar-refractivity contribution is 5.14. The van der Waals surface area contributed by atoms with Crippen molar-refractivity contribution >= 4 is 0 Å². The van der Waals surface area contributed by atoms with Gasteiger partial charge in [0.1, 0.15) is 0 Å². The summed E-state index contributed by atoms with van der Waals surface area (Å²) in [6.45, 7) is 4.85. The fraction of sp³-hybridized carbons (Fsp3) is 0.727. The van der Waals surface area contributed by atoms with E-state index < -0.39 is 0 Å². The lowest BCUT2D eigenvalue weighted by molar-refractivity contribution is 0.110. The van der Waals surface area contributed by atoms with E-state index in [9.17, 15) is 0 Å². The van der Waals surface area contributed by atoms with Crippen LogP contribution in [0.5, 0.6) is 0 Å². The maximum Gasteiger partial charge on any atom is 0.0700 e. The topological polar surface area (TPSA) is 39.1 Å². The molecule has 1 atom stereocenters. The third-order valence-electron chi connectivity index (χ3n) is 2.96. The van der Waals surface area contributed by atoms with Crippen LogP contribution in [-0.2, 0) is 18.3 Å². The highest BCUT2D eigenvalue weighted by atomic mass is 16.5. The van der Waals surface area contributed by atoms with E-state index in [1.807, 2.05) is 17.9 Å². The van der Waals surface area contributed by atoms with Crippen molar-refractivity contribution in [2.45, 2.75) is 32.4 Å². The first-order chi connectivity index (χ1) is 7.27. The highest BCUT2D eigenvalue weighted by Crippen LogP contribution is 2.11. The van der Waals surface area contributed by atoms with Gasteiger partial charge in [-0.15, -0.1) is 0 Å². The summed E-state index contributed by atoms with van der Waals surface area (Å²) in [6.07, 6.45) is 4.72. The van der Waals surface area contributed by atoms with E-state index >= 15 is 0 Å². The Morgan fingerprint density at radius 3 is 3.13 bits per heavy atom. The van der Waals surface area contributed by atoms with Crippen LogP contribution in [0.2, 0.25) is 0 Å². The highest BCUT2D eigenvalue weighted by Gasteiger charge is 2.14. The lowest BCUT2D eigenvalue weighted by Gasteiger charge is -2.11. The molecule has 0 bridgehead atoms. The fourth-order valence-corrected chi connectivity index (χ4v) is 1.98. The summed E-state index contributed by atoms with van der Waals surface area (Å²) in [6, 6.07) is 0. The van der Waals surface area contributed by atoms with Crippen LogP contribution in [0, 0.1) is 6.92 Å². The molecular formula is C11H19N3O. The van der Waals surface area contributed by atoms with Gasteiger partial charge in [0.05, 0.1) is 18.0 Å². The van der Waals surface area contributed by atoms with Gasteiger partial charge in [0.2, 0.25) is 0 Å². The lowest BCUT2D eigenvalue weighted by atomic mass is 10.2. The zero-order chi connectivity index (χ0) is 10.7. The van der Waals surface area contributed by atoms with Crippen LogP contribution < -0.4 is 5.32 Å². The molecule has 0 saturated carbocycles. The first-order valence-corrected chi connectivity index (χ1v) is 5.57. The zero-order valence-electron chi connectivity index (χ0n) is 9.49. The predicted molar refractivity (Wildman–Crippen MR) is 58.6 cm³/mol. The molecule has 2 heterocycles. The maximum absolute atomic E-state index is 5.55. The summed E-state index contributed by atoms with van der Waals surface area (Å²) in [5.41, 5.74) is 2.50. The van der Waals surface area contributed by atoms with Crippen LogP contribution in [0.1, 0.15) is 24.1 Å². The Hall–Kier alpha value is -0.870. The number of aromatic nitrogens is 2. The second-order valence-electron chi connectivity index (χ2n) is 4.16. The second kappa shape index (κ2) is 4.77. The van der Waals surface area contributed by atoms with Crippen molar-refractivity contribution in [3.63, 3.8) is 0 Å². The van der Waals surface area contributed by atoms with Crippen LogP contribution in [0.25, 0.3) is 0 Å². The monoisotopic (exact) mass is 209 g/mol. The van der Waals surface area contributed by atoms with E-state index in [0.29, 0.717) is 6.10 Å². The SMILES string of the molecule is Cc1cnn(C)c1CNC[C@@H]1CCCO1. The molecule has 0 aliphatic carbocycles. The van der Waals surface area contributed by atoms with Gasteiger partial charge in [-0.25, -0.2) is 0 Å². The maximum atomic E-state index is 5.55. The van der Waals surface area contributed by atoms with Crippen molar-refractivity contribution in [1.29, 1.82) is 0 Å². The first-order valence-electron chi connectivity index (χ1n) is 5.57. The molecule has 0 radical (unpaired) electrons. The van der Waals surface area contributed by atoms with Crippen LogP contribution in [0.3, 0.4) is 0 Å². The van der Waals surface area contributed by atoms with Crippen molar-refractivity contribution in [2.75, 3.05) is 13.2 Å². The molecule has 0 spiro atoms. The molecule has 1 aromatic rings. The fourth-order valence-electron chi connectivity index (χ4n) is 1.98. The lowest BCUT2D eigenvalue weighted by Crippen LogP contribution is -2.26. The minimum atomic E-state index is 0.415. The van der Waals surface area contributed by atoms with Gasteiger partial charge in [-0.2, -0.15) is 5.10 Å². The first kappa shape index (κ1) is 10.6. The Labute approximate surface area is 90.6 Å². The molecular weight excluding hydrogens is 190 g/mol. The Morgan fingerprint density at radius 2 is 2.53 bits per heavy atom. The quantitative estimate of drug-likeness (QED) is 0.804. The van der Waals surface area contributed by atoms with Crippen LogP contribution >= 0.6 is 0 Å². The Balaban J connectivity index is 1.77. The second-order valence-corrected chi connectivity index (χ2v) is 4.16. The molecule has 2 rings (SSSR count). The molecule has 1 N–H and O–H groups in total. The van der Waals surface area contributed by atoms with E-state index in [-0.39, 0.29) is 0 Å². The summed E-state index contributed by atoms with van der Waals surface area (Å²) in [5.74, 6) is 0. The largest absolute Gasteiger partial charge is 0.377 e. The van der Waals surface area contributed by atoms with Gasteiger partial charge in [0.15, 0.2) is 0 Å². The average molecular weight is 209 g/mol. The van der Waals surface area contributed by atoms with Crippen molar-refractivity contribution in [3.05, 3.63) is 17.5 Å². The van der Waals surface area contributed by atoms with E-state index in [1.165, 1.54) is 24.1 Å². The molecule has 84 valence electrons. The standard InChI is InChI=1S/C11H19N3O/c1-9-6-13-14(2)11(9)8-12-7-10-4-3-5-15-10/h6,10,12H,3-5,7-8H2,1-2H3/t10-/m0/s1. The van der Waals surface area contributed by atoms with Gasteiger partial charge < -0.3 is 10.1 Å². The number of hydrogen-bond donors (Lipinski definition) is 1. The van der Waals surface area contributed by atoms with Gasteiger partial charge >= 0.3 is 0 Å². The van der Waals surface area contributed by atoms with Crippen LogP contribution in [-0.4, -0.2) is 29.0 Å². The Morgan fingerprint density at radius 1 is 1.67 bits per heavy atom. The molecule has 1 aliphatic rings. The Kier molecular flexibility index (Phi) is 3.38. The van der Waals surface area contributed by atoms with Gasteiger partial charge in [-0.05, 0) is 25.3 Å². The zero-order valence-corrected chi connectivity index (χ0v) is 9.49. The molecule has 1 aromatic heterocycles. The summed E-state index contributed by atoms with van der Waals surface area (Å²) in [5, 5.41) is 7.64. The third kappa shape index (κ3) is 2.58. The molecule has 15 heavy (non-hydrogen) atoms. The van der Waals surface area contributed by atoms with Crippen molar-refractivity contribution in [3.8, 4) is 0 Å². The molecule has 1 fully saturated rings. The Bertz CT molecular complexity index is 296. The molecule has 1 aliphatic heterocycles. The number of ether oxygens (including phenoxy) is 1. The molecule has 0 unspecified atom stereocenters. The summed E-state index contributed by atoms with van der Waals surface area (Å²) < 4.78 is 7.48. The summed E-state index contributed by atoms with van der Waals surface area (Å²) in [7, 11) is 1.98. The van der Waals surface area contributed by atoms with E-state index in [4.69, 9.17) is 4.74 Å². The van der Waals surface area contributed by atoms with Crippen molar-refractivity contribution in [2.24, 2.45) is 7.05 Å². The molecule has 4 heteroatoms. The van der Waals surface area contributed by atoms with Gasteiger partial charge in [-0.3, -0.25) is 4.68 Å². The van der Waals surface area contributed by atoms with Crippen LogP contribution in [0.15, 0.2) is 6.20 Å². The number of hydrogen-bond acceptors (Lipinski definition) is 3. The van der Waals surface area contributed by atoms with Gasteiger partial charge in [-0.1, -0.05) is 0 Å². The van der Waals surface area contributed by atoms with E-state index in [1.54, 1.807) is 0 Å². The molecule has 1 saturated heterocycles. The van der Waals surface area contributed by atoms with Gasteiger partial charge in [0.25, 0.3) is 0 Å². The van der Waals surface area contributed by atoms with Crippen molar-refractivity contribution < 1.29 is 4.74 Å². The number of aryl methyl sites for hydroxylation is 2. The van der Waals surface area contributed by atoms with E-state index in [2.05, 4.69) is 17.3 Å². The predicted octanol–water partition coefficient (Wildman–Crippen LogP) is 0.997. The molecule has 4 nitrogen and oxygen atoms in total. The number of nitrogens with zero attached hydrogens (tertiary/aromatic N) is 2. The van der Waals surface area contributed by atoms with Crippen LogP contribution in [0.4, 0.5) is 0 Å². The summed E-state index contributed by atoms with van der Waals surface area (Å²) >= 11 is 0. The smallest absolute Gasteiger partial charge is 0.0700 e. The minimum absolute atomic E-state index is 0.415. The molecule has 0 aromatic carbocycles. The number of nitrogens with one attached hydrogen (secondary N) is 1. The normalized spacial score (nSPS) is 21.1. The average Bonchev–Trinajstić information content (AvgIpc) is 2.82. The number of rotatable bonds is 4. The minimum Gasteiger partial charge on any atom is -0.377 e. The van der Waals surface area contributed by atoms with Crippen molar-refractivity contribution in [1.82, 2.24) is 15.1 Å². The molecule has 0 amide bonds. The van der Waals surface area contributed by atoms with Gasteiger partial charge in [0, 0.05) is 26.7 Å². The third-order valence-corrected chi connectivity index (χ3v) is 2.96. The summed E-state index contributed by atoms with van der Waals surface area (Å²) in [4.78, 5) is 0. The van der Waals surface area contributed by atoms with E-state index in [0.717, 1.165) is 19.7 Å².